The Balaban J connectivity index is 1.78. The summed E-state index contributed by atoms with van der Waals surface area (Å²) in [6, 6.07) is 6.45. The molecule has 0 radical (unpaired) electrons. The van der Waals surface area contributed by atoms with Crippen LogP contribution in [0.2, 0.25) is 0 Å². The van der Waals surface area contributed by atoms with Crippen molar-refractivity contribution in [2.24, 2.45) is 0 Å². The molecule has 0 N–H and O–H groups in total. The molecule has 1 aliphatic rings. The molecule has 2 rings (SSSR count). The highest BCUT2D eigenvalue weighted by atomic mass is 19.1. The average molecular weight is 349 g/mol. The number of amides is 2. The SMILES string of the molecule is CCCCN(CCC(=O)N1CCN(c2ccc(F)cc2)CC1)C(C)=O. The molecule has 25 heavy (non-hydrogen) atoms. The summed E-state index contributed by atoms with van der Waals surface area (Å²) in [5, 5.41) is 0. The number of rotatable bonds is 7. The van der Waals surface area contributed by atoms with Crippen molar-refractivity contribution in [3.8, 4) is 0 Å². The monoisotopic (exact) mass is 349 g/mol. The fourth-order valence-electron chi connectivity index (χ4n) is 3.03. The highest BCUT2D eigenvalue weighted by molar-refractivity contribution is 5.78. The van der Waals surface area contributed by atoms with Crippen LogP contribution in [-0.2, 0) is 9.59 Å². The highest BCUT2D eigenvalue weighted by Gasteiger charge is 2.22. The van der Waals surface area contributed by atoms with Gasteiger partial charge in [-0.05, 0) is 30.7 Å². The molecular formula is C19H28FN3O2. The van der Waals surface area contributed by atoms with Gasteiger partial charge < -0.3 is 14.7 Å². The van der Waals surface area contributed by atoms with Crippen molar-refractivity contribution in [2.45, 2.75) is 33.1 Å². The number of hydrogen-bond donors (Lipinski definition) is 0. The molecule has 0 aliphatic carbocycles. The van der Waals surface area contributed by atoms with Crippen LogP contribution in [0, 0.1) is 5.82 Å². The number of unbranched alkanes of at least 4 members (excludes halogenated alkanes) is 1. The predicted octanol–water partition coefficient (Wildman–Crippen LogP) is 2.51. The lowest BCUT2D eigenvalue weighted by atomic mass is 10.2. The van der Waals surface area contributed by atoms with E-state index >= 15 is 0 Å². The molecule has 5 nitrogen and oxygen atoms in total. The van der Waals surface area contributed by atoms with Crippen molar-refractivity contribution in [3.05, 3.63) is 30.1 Å². The third-order valence-corrected chi connectivity index (χ3v) is 4.65. The van der Waals surface area contributed by atoms with Gasteiger partial charge >= 0.3 is 0 Å². The Morgan fingerprint density at radius 1 is 1.08 bits per heavy atom. The van der Waals surface area contributed by atoms with Crippen LogP contribution in [0.4, 0.5) is 10.1 Å². The molecule has 0 aromatic heterocycles. The van der Waals surface area contributed by atoms with Gasteiger partial charge in [0.2, 0.25) is 11.8 Å². The van der Waals surface area contributed by atoms with Crippen LogP contribution in [0.5, 0.6) is 0 Å². The van der Waals surface area contributed by atoms with E-state index in [0.717, 1.165) is 38.2 Å². The van der Waals surface area contributed by atoms with Crippen molar-refractivity contribution in [1.29, 1.82) is 0 Å². The zero-order valence-electron chi connectivity index (χ0n) is 15.2. The Hall–Kier alpha value is -2.11. The minimum absolute atomic E-state index is 0.0300. The average Bonchev–Trinajstić information content (AvgIpc) is 2.62. The lowest BCUT2D eigenvalue weighted by Gasteiger charge is -2.36. The summed E-state index contributed by atoms with van der Waals surface area (Å²) in [6.07, 6.45) is 2.37. The molecule has 1 aromatic carbocycles. The van der Waals surface area contributed by atoms with Gasteiger partial charge in [-0.1, -0.05) is 13.3 Å². The molecule has 2 amide bonds. The van der Waals surface area contributed by atoms with Crippen molar-refractivity contribution >= 4 is 17.5 Å². The van der Waals surface area contributed by atoms with Crippen LogP contribution >= 0.6 is 0 Å². The van der Waals surface area contributed by atoms with Crippen molar-refractivity contribution in [2.75, 3.05) is 44.2 Å². The zero-order valence-corrected chi connectivity index (χ0v) is 15.2. The third kappa shape index (κ3) is 5.73. The second-order valence-electron chi connectivity index (χ2n) is 6.45. The van der Waals surface area contributed by atoms with E-state index in [2.05, 4.69) is 11.8 Å². The fourth-order valence-corrected chi connectivity index (χ4v) is 3.03. The minimum Gasteiger partial charge on any atom is -0.368 e. The standard InChI is InChI=1S/C19H28FN3O2/c1-3-4-10-21(16(2)24)11-9-19(25)23-14-12-22(13-15-23)18-7-5-17(20)6-8-18/h5-8H,3-4,9-15H2,1-2H3. The number of carbonyl (C=O) groups is 2. The van der Waals surface area contributed by atoms with E-state index < -0.39 is 0 Å². The lowest BCUT2D eigenvalue weighted by molar-refractivity contribution is -0.133. The Kier molecular flexibility index (Phi) is 7.22. The summed E-state index contributed by atoms with van der Waals surface area (Å²) in [4.78, 5) is 29.8. The second kappa shape index (κ2) is 9.39. The first-order chi connectivity index (χ1) is 12.0. The third-order valence-electron chi connectivity index (χ3n) is 4.65. The second-order valence-corrected chi connectivity index (χ2v) is 6.45. The summed E-state index contributed by atoms with van der Waals surface area (Å²) < 4.78 is 13.0. The number of anilines is 1. The maximum Gasteiger partial charge on any atom is 0.224 e. The summed E-state index contributed by atoms with van der Waals surface area (Å²) >= 11 is 0. The Morgan fingerprint density at radius 2 is 1.72 bits per heavy atom. The first kappa shape index (κ1) is 19.2. The summed E-state index contributed by atoms with van der Waals surface area (Å²) in [6.45, 7) is 7.65. The Labute approximate surface area is 149 Å². The van der Waals surface area contributed by atoms with E-state index in [-0.39, 0.29) is 17.6 Å². The molecule has 1 fully saturated rings. The smallest absolute Gasteiger partial charge is 0.224 e. The van der Waals surface area contributed by atoms with E-state index in [1.807, 2.05) is 4.90 Å². The largest absolute Gasteiger partial charge is 0.368 e. The van der Waals surface area contributed by atoms with Gasteiger partial charge in [0.15, 0.2) is 0 Å². The highest BCUT2D eigenvalue weighted by Crippen LogP contribution is 2.17. The van der Waals surface area contributed by atoms with Gasteiger partial charge in [-0.15, -0.1) is 0 Å². The number of benzene rings is 1. The Morgan fingerprint density at radius 3 is 2.28 bits per heavy atom. The number of piperazine rings is 1. The molecule has 0 bridgehead atoms. The maximum absolute atomic E-state index is 13.0. The van der Waals surface area contributed by atoms with Crippen molar-refractivity contribution in [3.63, 3.8) is 0 Å². The van der Waals surface area contributed by atoms with E-state index in [4.69, 9.17) is 0 Å². The molecule has 6 heteroatoms. The number of carbonyl (C=O) groups excluding carboxylic acids is 2. The molecule has 0 saturated carbocycles. The topological polar surface area (TPSA) is 43.9 Å². The number of hydrogen-bond acceptors (Lipinski definition) is 3. The van der Waals surface area contributed by atoms with Gasteiger partial charge in [0, 0.05) is 58.3 Å². The van der Waals surface area contributed by atoms with E-state index in [0.29, 0.717) is 26.1 Å². The minimum atomic E-state index is -0.240. The van der Waals surface area contributed by atoms with Gasteiger partial charge in [-0.2, -0.15) is 0 Å². The van der Waals surface area contributed by atoms with Gasteiger partial charge in [0.1, 0.15) is 5.82 Å². The first-order valence-electron chi connectivity index (χ1n) is 9.05. The zero-order chi connectivity index (χ0) is 18.2. The molecule has 0 atom stereocenters. The summed E-state index contributed by atoms with van der Waals surface area (Å²) in [5.41, 5.74) is 0.982. The Bertz CT molecular complexity index is 569. The van der Waals surface area contributed by atoms with Crippen LogP contribution in [-0.4, -0.2) is 60.9 Å². The molecular weight excluding hydrogens is 321 g/mol. The van der Waals surface area contributed by atoms with Crippen LogP contribution in [0.1, 0.15) is 33.1 Å². The van der Waals surface area contributed by atoms with Gasteiger partial charge in [-0.3, -0.25) is 9.59 Å². The number of nitrogens with zero attached hydrogens (tertiary/aromatic N) is 3. The number of halogens is 1. The molecule has 138 valence electrons. The van der Waals surface area contributed by atoms with Gasteiger partial charge in [0.05, 0.1) is 0 Å². The quantitative estimate of drug-likeness (QED) is 0.760. The van der Waals surface area contributed by atoms with Gasteiger partial charge in [-0.25, -0.2) is 4.39 Å². The molecule has 1 heterocycles. The lowest BCUT2D eigenvalue weighted by Crippen LogP contribution is -2.49. The van der Waals surface area contributed by atoms with Crippen LogP contribution in [0.25, 0.3) is 0 Å². The molecule has 1 aromatic rings. The first-order valence-corrected chi connectivity index (χ1v) is 9.05. The molecule has 1 aliphatic heterocycles. The normalized spacial score (nSPS) is 14.5. The van der Waals surface area contributed by atoms with Crippen molar-refractivity contribution < 1.29 is 14.0 Å². The molecule has 0 unspecified atom stereocenters. The molecule has 1 saturated heterocycles. The fraction of sp³-hybridized carbons (Fsp3) is 0.579. The van der Waals surface area contributed by atoms with Crippen LogP contribution in [0.3, 0.4) is 0 Å². The van der Waals surface area contributed by atoms with Crippen LogP contribution < -0.4 is 4.90 Å². The summed E-state index contributed by atoms with van der Waals surface area (Å²) in [7, 11) is 0. The predicted molar refractivity (Wildman–Crippen MR) is 97.0 cm³/mol. The molecule has 0 spiro atoms. The van der Waals surface area contributed by atoms with E-state index in [1.165, 1.54) is 12.1 Å². The van der Waals surface area contributed by atoms with E-state index in [1.54, 1.807) is 24.0 Å². The van der Waals surface area contributed by atoms with Gasteiger partial charge in [0.25, 0.3) is 0 Å². The summed E-state index contributed by atoms with van der Waals surface area (Å²) in [5.74, 6) is -0.112. The van der Waals surface area contributed by atoms with Crippen molar-refractivity contribution in [1.82, 2.24) is 9.80 Å². The van der Waals surface area contributed by atoms with Crippen LogP contribution in [0.15, 0.2) is 24.3 Å². The van der Waals surface area contributed by atoms with E-state index in [9.17, 15) is 14.0 Å². The maximum atomic E-state index is 13.0.